The number of nitrogens with two attached hydrogens (primary N) is 3. The van der Waals surface area contributed by atoms with Crippen LogP contribution < -0.4 is 33.2 Å². The average molecular weight is 461 g/mol. The van der Waals surface area contributed by atoms with E-state index in [1.165, 1.54) is 0 Å². The maximum Gasteiger partial charge on any atom is 0.326 e. The van der Waals surface area contributed by atoms with Crippen LogP contribution in [0.5, 0.6) is 0 Å². The first-order chi connectivity index (χ1) is 15.0. The fraction of sp³-hybridized carbons (Fsp3) is 0.737. The molecule has 13 nitrogen and oxygen atoms in total. The number of aliphatic hydroxyl groups is 1. The number of amides is 4. The molecule has 0 spiro atoms. The van der Waals surface area contributed by atoms with Crippen molar-refractivity contribution >= 4 is 29.6 Å². The molecule has 0 aliphatic carbocycles. The van der Waals surface area contributed by atoms with Crippen molar-refractivity contribution in [2.45, 2.75) is 70.1 Å². The maximum atomic E-state index is 12.6. The highest BCUT2D eigenvalue weighted by Crippen LogP contribution is 2.09. The molecule has 0 heterocycles. The second kappa shape index (κ2) is 15.1. The third-order valence-electron chi connectivity index (χ3n) is 4.94. The normalized spacial score (nSPS) is 15.5. The van der Waals surface area contributed by atoms with Crippen molar-refractivity contribution in [3.05, 3.63) is 0 Å². The van der Waals surface area contributed by atoms with Gasteiger partial charge in [0, 0.05) is 0 Å². The molecule has 0 saturated carbocycles. The number of nitrogens with one attached hydrogen (secondary N) is 3. The second-order valence-electron chi connectivity index (χ2n) is 7.58. The zero-order valence-corrected chi connectivity index (χ0v) is 18.5. The number of carbonyl (C=O) groups excluding carboxylic acids is 4. The highest BCUT2D eigenvalue weighted by atomic mass is 16.4. The molecule has 0 radical (unpaired) electrons. The Morgan fingerprint density at radius 1 is 0.938 bits per heavy atom. The fourth-order valence-corrected chi connectivity index (χ4v) is 2.73. The second-order valence-corrected chi connectivity index (χ2v) is 7.58. The van der Waals surface area contributed by atoms with E-state index >= 15 is 0 Å². The molecule has 0 bridgehead atoms. The van der Waals surface area contributed by atoms with Gasteiger partial charge < -0.3 is 43.4 Å². The summed E-state index contributed by atoms with van der Waals surface area (Å²) < 4.78 is 0. The summed E-state index contributed by atoms with van der Waals surface area (Å²) in [6.45, 7) is 3.00. The zero-order valence-electron chi connectivity index (χ0n) is 18.5. The lowest BCUT2D eigenvalue weighted by Gasteiger charge is -2.25. The van der Waals surface area contributed by atoms with Crippen LogP contribution in [0.4, 0.5) is 0 Å². The van der Waals surface area contributed by atoms with Crippen LogP contribution >= 0.6 is 0 Å². The van der Waals surface area contributed by atoms with Crippen molar-refractivity contribution in [2.24, 2.45) is 23.1 Å². The maximum absolute atomic E-state index is 12.6. The molecule has 13 heteroatoms. The topological polar surface area (TPSA) is 240 Å². The minimum atomic E-state index is -1.50. The molecule has 0 aromatic carbocycles. The van der Waals surface area contributed by atoms with Gasteiger partial charge in [-0.2, -0.15) is 0 Å². The SMILES string of the molecule is CCC(C)C(NC(=O)C(CC(N)=O)NC(=O)C(CO)NC(=O)C(N)CCCCN)C(=O)O. The lowest BCUT2D eigenvalue weighted by Crippen LogP contribution is -2.59. The Morgan fingerprint density at radius 2 is 1.50 bits per heavy atom. The number of unbranched alkanes of at least 4 members (excludes halogenated alkanes) is 1. The van der Waals surface area contributed by atoms with Crippen molar-refractivity contribution in [3.8, 4) is 0 Å². The molecular formula is C19H36N6O7. The quantitative estimate of drug-likeness (QED) is 0.109. The molecule has 0 aliphatic rings. The van der Waals surface area contributed by atoms with Crippen LogP contribution in [0.1, 0.15) is 46.0 Å². The van der Waals surface area contributed by atoms with Gasteiger partial charge in [-0.15, -0.1) is 0 Å². The van der Waals surface area contributed by atoms with Gasteiger partial charge in [0.1, 0.15) is 18.1 Å². The van der Waals surface area contributed by atoms with Gasteiger partial charge in [-0.1, -0.05) is 26.7 Å². The van der Waals surface area contributed by atoms with E-state index in [1.807, 2.05) is 0 Å². The summed E-state index contributed by atoms with van der Waals surface area (Å²) in [5.41, 5.74) is 16.3. The lowest BCUT2D eigenvalue weighted by atomic mass is 9.98. The first kappa shape index (κ1) is 29.2. The van der Waals surface area contributed by atoms with E-state index in [0.29, 0.717) is 32.2 Å². The highest BCUT2D eigenvalue weighted by Gasteiger charge is 2.32. The van der Waals surface area contributed by atoms with E-state index in [1.54, 1.807) is 13.8 Å². The van der Waals surface area contributed by atoms with Gasteiger partial charge in [0.25, 0.3) is 0 Å². The third-order valence-corrected chi connectivity index (χ3v) is 4.94. The summed E-state index contributed by atoms with van der Waals surface area (Å²) in [5.74, 6) is -5.21. The Bertz CT molecular complexity index is 660. The molecule has 0 aliphatic heterocycles. The molecule has 5 unspecified atom stereocenters. The molecule has 0 aromatic rings. The molecule has 0 rings (SSSR count). The molecule has 5 atom stereocenters. The van der Waals surface area contributed by atoms with Gasteiger partial charge >= 0.3 is 5.97 Å². The van der Waals surface area contributed by atoms with Crippen molar-refractivity contribution in [2.75, 3.05) is 13.2 Å². The number of carboxylic acid groups (broad SMARTS) is 1. The van der Waals surface area contributed by atoms with Crippen LogP contribution in [0.3, 0.4) is 0 Å². The Hall–Kier alpha value is -2.77. The first-order valence-electron chi connectivity index (χ1n) is 10.5. The molecule has 0 saturated heterocycles. The Labute approximate surface area is 186 Å². The first-order valence-corrected chi connectivity index (χ1v) is 10.5. The summed E-state index contributed by atoms with van der Waals surface area (Å²) in [6.07, 6.45) is 1.43. The number of aliphatic hydroxyl groups excluding tert-OH is 1. The molecule has 0 aromatic heterocycles. The lowest BCUT2D eigenvalue weighted by molar-refractivity contribution is -0.144. The fourth-order valence-electron chi connectivity index (χ4n) is 2.73. The van der Waals surface area contributed by atoms with Crippen molar-refractivity contribution in [3.63, 3.8) is 0 Å². The van der Waals surface area contributed by atoms with E-state index in [0.717, 1.165) is 0 Å². The van der Waals surface area contributed by atoms with Gasteiger partial charge in [-0.25, -0.2) is 4.79 Å². The minimum absolute atomic E-state index is 0.321. The van der Waals surface area contributed by atoms with E-state index < -0.39 is 72.7 Å². The van der Waals surface area contributed by atoms with Gasteiger partial charge in [0.2, 0.25) is 23.6 Å². The van der Waals surface area contributed by atoms with Gasteiger partial charge in [0.05, 0.1) is 19.1 Å². The predicted octanol–water partition coefficient (Wildman–Crippen LogP) is -3.10. The van der Waals surface area contributed by atoms with Crippen LogP contribution in [-0.2, 0) is 24.0 Å². The average Bonchev–Trinajstić information content (AvgIpc) is 2.73. The van der Waals surface area contributed by atoms with Crippen LogP contribution in [0, 0.1) is 5.92 Å². The summed E-state index contributed by atoms with van der Waals surface area (Å²) in [5, 5.41) is 25.6. The van der Waals surface area contributed by atoms with Gasteiger partial charge in [0.15, 0.2) is 0 Å². The van der Waals surface area contributed by atoms with Crippen LogP contribution in [0.25, 0.3) is 0 Å². The molecule has 32 heavy (non-hydrogen) atoms. The van der Waals surface area contributed by atoms with Crippen molar-refractivity contribution in [1.82, 2.24) is 16.0 Å². The Kier molecular flexibility index (Phi) is 13.8. The summed E-state index contributed by atoms with van der Waals surface area (Å²) >= 11 is 0. The van der Waals surface area contributed by atoms with E-state index in [-0.39, 0.29) is 0 Å². The van der Waals surface area contributed by atoms with E-state index in [4.69, 9.17) is 17.2 Å². The predicted molar refractivity (Wildman–Crippen MR) is 115 cm³/mol. The molecule has 184 valence electrons. The molecule has 4 amide bonds. The number of hydrogen-bond donors (Lipinski definition) is 8. The summed E-state index contributed by atoms with van der Waals surface area (Å²) in [7, 11) is 0. The standard InChI is InChI=1S/C19H36N6O7/c1-3-10(2)15(19(31)32)25-17(29)12(8-14(22)27)23-18(30)13(9-26)24-16(28)11(21)6-4-5-7-20/h10-13,15,26H,3-9,20-21H2,1-2H3,(H2,22,27)(H,23,30)(H,24,28)(H,25,29)(H,31,32). The molecule has 11 N–H and O–H groups in total. The number of carboxylic acids is 1. The van der Waals surface area contributed by atoms with Gasteiger partial charge in [-0.05, 0) is 25.3 Å². The summed E-state index contributed by atoms with van der Waals surface area (Å²) in [4.78, 5) is 60.0. The molecule has 0 fully saturated rings. The smallest absolute Gasteiger partial charge is 0.326 e. The number of rotatable bonds is 16. The summed E-state index contributed by atoms with van der Waals surface area (Å²) in [6, 6.07) is -5.13. The highest BCUT2D eigenvalue weighted by molar-refractivity contribution is 5.96. The Balaban J connectivity index is 5.23. The van der Waals surface area contributed by atoms with E-state index in [2.05, 4.69) is 16.0 Å². The molecular weight excluding hydrogens is 424 g/mol. The Morgan fingerprint density at radius 3 is 1.97 bits per heavy atom. The zero-order chi connectivity index (χ0) is 24.8. The number of carbonyl (C=O) groups is 5. The van der Waals surface area contributed by atoms with Crippen molar-refractivity contribution < 1.29 is 34.2 Å². The van der Waals surface area contributed by atoms with Crippen LogP contribution in [0.2, 0.25) is 0 Å². The minimum Gasteiger partial charge on any atom is -0.480 e. The van der Waals surface area contributed by atoms with Gasteiger partial charge in [-0.3, -0.25) is 19.2 Å². The van der Waals surface area contributed by atoms with Crippen molar-refractivity contribution in [1.29, 1.82) is 0 Å². The van der Waals surface area contributed by atoms with Crippen LogP contribution in [0.15, 0.2) is 0 Å². The van der Waals surface area contributed by atoms with Crippen LogP contribution in [-0.4, -0.2) is 77.1 Å². The largest absolute Gasteiger partial charge is 0.480 e. The third kappa shape index (κ3) is 10.5. The number of primary amides is 1. The van der Waals surface area contributed by atoms with E-state index in [9.17, 15) is 34.2 Å². The number of hydrogen-bond acceptors (Lipinski definition) is 8. The monoisotopic (exact) mass is 460 g/mol. The number of aliphatic carboxylic acids is 1.